The largest absolute Gasteiger partial charge is 0.442 e. The summed E-state index contributed by atoms with van der Waals surface area (Å²) in [5.74, 6) is -0.891. The normalized spacial score (nSPS) is 11.6. The summed E-state index contributed by atoms with van der Waals surface area (Å²) in [6, 6.07) is 24.1. The molecule has 4 aromatic rings. The summed E-state index contributed by atoms with van der Waals surface area (Å²) in [6.07, 6.45) is -0.113. The number of hydrogen-bond acceptors (Lipinski definition) is 6. The molecule has 0 aliphatic carbocycles. The molecule has 0 radical (unpaired) electrons. The number of esters is 1. The van der Waals surface area contributed by atoms with Crippen molar-refractivity contribution in [2.75, 3.05) is 0 Å². The lowest BCUT2D eigenvalue weighted by Gasteiger charge is -2.19. The van der Waals surface area contributed by atoms with Gasteiger partial charge >= 0.3 is 5.97 Å². The van der Waals surface area contributed by atoms with Crippen LogP contribution in [0.1, 0.15) is 28.4 Å². The first-order valence-corrected chi connectivity index (χ1v) is 10.0. The smallest absolute Gasteiger partial charge is 0.310 e. The highest BCUT2D eigenvalue weighted by Gasteiger charge is 2.20. The number of carbonyl (C=O) groups excluding carboxylic acids is 2. The van der Waals surface area contributed by atoms with E-state index in [0.29, 0.717) is 16.5 Å². The van der Waals surface area contributed by atoms with Gasteiger partial charge < -0.3 is 10.1 Å². The molecule has 0 spiro atoms. The Bertz CT molecular complexity index is 1290. The summed E-state index contributed by atoms with van der Waals surface area (Å²) in [7, 11) is 0. The van der Waals surface area contributed by atoms with Crippen molar-refractivity contribution in [3.8, 4) is 0 Å². The molecule has 4 rings (SSSR count). The zero-order chi connectivity index (χ0) is 22.3. The molecule has 0 fully saturated rings. The number of fused-ring (bicyclic) bond motifs is 1. The molecular formula is C24H20N4O4. The molecule has 8 nitrogen and oxygen atoms in total. The Morgan fingerprint density at radius 2 is 1.56 bits per heavy atom. The van der Waals surface area contributed by atoms with Crippen LogP contribution < -0.4 is 10.9 Å². The SMILES string of the molecule is O=C(CC(NC(=O)c1ccccc1)c1ccccc1)OCn1nnc2ccccc2c1=O. The Morgan fingerprint density at radius 1 is 0.906 bits per heavy atom. The van der Waals surface area contributed by atoms with Gasteiger partial charge in [0.05, 0.1) is 17.8 Å². The number of benzene rings is 3. The molecule has 32 heavy (non-hydrogen) atoms. The summed E-state index contributed by atoms with van der Waals surface area (Å²) >= 11 is 0. The molecular weight excluding hydrogens is 408 g/mol. The molecule has 1 N–H and O–H groups in total. The van der Waals surface area contributed by atoms with Gasteiger partial charge in [0.2, 0.25) is 0 Å². The van der Waals surface area contributed by atoms with E-state index in [4.69, 9.17) is 4.74 Å². The molecule has 1 heterocycles. The molecule has 0 aliphatic heterocycles. The van der Waals surface area contributed by atoms with E-state index < -0.39 is 17.6 Å². The lowest BCUT2D eigenvalue weighted by atomic mass is 10.0. The highest BCUT2D eigenvalue weighted by Crippen LogP contribution is 2.18. The standard InChI is InChI=1S/C24H20N4O4/c29-22(32-16-28-24(31)19-13-7-8-14-20(19)26-27-28)15-21(17-9-3-1-4-10-17)25-23(30)18-11-5-2-6-12-18/h1-14,21H,15-16H2,(H,25,30). The predicted molar refractivity (Wildman–Crippen MR) is 118 cm³/mol. The fourth-order valence-corrected chi connectivity index (χ4v) is 3.24. The number of ether oxygens (including phenoxy) is 1. The Morgan fingerprint density at radius 3 is 2.31 bits per heavy atom. The Balaban J connectivity index is 1.46. The molecule has 160 valence electrons. The highest BCUT2D eigenvalue weighted by atomic mass is 16.5. The Labute approximate surface area is 183 Å². The minimum Gasteiger partial charge on any atom is -0.442 e. The second-order valence-corrected chi connectivity index (χ2v) is 7.06. The van der Waals surface area contributed by atoms with Gasteiger partial charge in [-0.2, -0.15) is 4.68 Å². The van der Waals surface area contributed by atoms with Crippen LogP contribution in [0.5, 0.6) is 0 Å². The summed E-state index contributed by atoms with van der Waals surface area (Å²) < 4.78 is 6.25. The quantitative estimate of drug-likeness (QED) is 0.454. The third-order valence-corrected chi connectivity index (χ3v) is 4.89. The maximum Gasteiger partial charge on any atom is 0.310 e. The summed E-state index contributed by atoms with van der Waals surface area (Å²) in [6.45, 7) is -0.371. The predicted octanol–water partition coefficient (Wildman–Crippen LogP) is 2.85. The average molecular weight is 428 g/mol. The molecule has 1 aromatic heterocycles. The first-order chi connectivity index (χ1) is 15.6. The van der Waals surface area contributed by atoms with Gasteiger partial charge in [0.25, 0.3) is 11.5 Å². The summed E-state index contributed by atoms with van der Waals surface area (Å²) in [4.78, 5) is 37.7. The van der Waals surface area contributed by atoms with Crippen LogP contribution in [0.3, 0.4) is 0 Å². The van der Waals surface area contributed by atoms with Crippen LogP contribution >= 0.6 is 0 Å². The lowest BCUT2D eigenvalue weighted by molar-refractivity contribution is -0.148. The number of aromatic nitrogens is 3. The van der Waals surface area contributed by atoms with E-state index in [2.05, 4.69) is 15.6 Å². The second kappa shape index (κ2) is 9.65. The van der Waals surface area contributed by atoms with Crippen LogP contribution in [0.2, 0.25) is 0 Å². The van der Waals surface area contributed by atoms with Crippen molar-refractivity contribution >= 4 is 22.8 Å². The number of hydrogen-bond donors (Lipinski definition) is 1. The maximum atomic E-state index is 12.6. The molecule has 3 aromatic carbocycles. The fraction of sp³-hybridized carbons (Fsp3) is 0.125. The molecule has 0 bridgehead atoms. The van der Waals surface area contributed by atoms with E-state index in [1.165, 1.54) is 0 Å². The number of nitrogens with one attached hydrogen (secondary N) is 1. The van der Waals surface area contributed by atoms with Gasteiger partial charge in [-0.15, -0.1) is 5.10 Å². The summed E-state index contributed by atoms with van der Waals surface area (Å²) in [5.41, 5.74) is 1.31. The van der Waals surface area contributed by atoms with Crippen molar-refractivity contribution in [3.63, 3.8) is 0 Å². The van der Waals surface area contributed by atoms with Gasteiger partial charge in [0.15, 0.2) is 6.73 Å². The lowest BCUT2D eigenvalue weighted by Crippen LogP contribution is -2.31. The van der Waals surface area contributed by atoms with Gasteiger partial charge in [0, 0.05) is 5.56 Å². The van der Waals surface area contributed by atoms with Crippen molar-refractivity contribution in [1.82, 2.24) is 20.3 Å². The Kier molecular flexibility index (Phi) is 6.31. The van der Waals surface area contributed by atoms with Gasteiger partial charge in [-0.3, -0.25) is 14.4 Å². The van der Waals surface area contributed by atoms with Gasteiger partial charge in [-0.25, -0.2) is 0 Å². The monoisotopic (exact) mass is 428 g/mol. The third-order valence-electron chi connectivity index (χ3n) is 4.89. The third kappa shape index (κ3) is 4.86. The van der Waals surface area contributed by atoms with Gasteiger partial charge in [-0.1, -0.05) is 65.9 Å². The number of nitrogens with zero attached hydrogens (tertiary/aromatic N) is 3. The first kappa shape index (κ1) is 20.9. The maximum absolute atomic E-state index is 12.6. The molecule has 0 saturated carbocycles. The van der Waals surface area contributed by atoms with Crippen molar-refractivity contribution in [3.05, 3.63) is 106 Å². The number of carbonyl (C=O) groups is 2. The van der Waals surface area contributed by atoms with Crippen molar-refractivity contribution in [2.24, 2.45) is 0 Å². The fourth-order valence-electron chi connectivity index (χ4n) is 3.24. The minimum absolute atomic E-state index is 0.113. The van der Waals surface area contributed by atoms with Crippen LogP contribution in [0.4, 0.5) is 0 Å². The molecule has 0 aliphatic rings. The van der Waals surface area contributed by atoms with Crippen LogP contribution in [0, 0.1) is 0 Å². The molecule has 8 heteroatoms. The highest BCUT2D eigenvalue weighted by molar-refractivity contribution is 5.94. The van der Waals surface area contributed by atoms with E-state index in [0.717, 1.165) is 10.2 Å². The van der Waals surface area contributed by atoms with Crippen molar-refractivity contribution in [2.45, 2.75) is 19.2 Å². The topological polar surface area (TPSA) is 103 Å². The molecule has 1 unspecified atom stereocenters. The van der Waals surface area contributed by atoms with E-state index >= 15 is 0 Å². The second-order valence-electron chi connectivity index (χ2n) is 7.06. The molecule has 1 amide bonds. The molecule has 0 saturated heterocycles. The zero-order valence-electron chi connectivity index (χ0n) is 17.0. The number of amides is 1. The van der Waals surface area contributed by atoms with E-state index in [-0.39, 0.29) is 19.1 Å². The average Bonchev–Trinajstić information content (AvgIpc) is 2.84. The Hall–Kier alpha value is -4.33. The number of rotatable bonds is 7. The van der Waals surface area contributed by atoms with Gasteiger partial charge in [-0.05, 0) is 29.8 Å². The van der Waals surface area contributed by atoms with Crippen LogP contribution in [-0.4, -0.2) is 26.9 Å². The van der Waals surface area contributed by atoms with E-state index in [1.54, 1.807) is 48.5 Å². The van der Waals surface area contributed by atoms with Gasteiger partial charge in [0.1, 0.15) is 5.52 Å². The molecule has 1 atom stereocenters. The van der Waals surface area contributed by atoms with Crippen LogP contribution in [0.25, 0.3) is 10.9 Å². The van der Waals surface area contributed by atoms with Crippen molar-refractivity contribution < 1.29 is 14.3 Å². The van der Waals surface area contributed by atoms with Crippen LogP contribution in [0.15, 0.2) is 89.7 Å². The van der Waals surface area contributed by atoms with E-state index in [9.17, 15) is 14.4 Å². The summed E-state index contributed by atoms with van der Waals surface area (Å²) in [5, 5.41) is 11.0. The minimum atomic E-state index is -0.601. The first-order valence-electron chi connectivity index (χ1n) is 10.0. The van der Waals surface area contributed by atoms with E-state index in [1.807, 2.05) is 36.4 Å². The van der Waals surface area contributed by atoms with Crippen LogP contribution in [-0.2, 0) is 16.3 Å². The zero-order valence-corrected chi connectivity index (χ0v) is 17.0. The van der Waals surface area contributed by atoms with Crippen molar-refractivity contribution in [1.29, 1.82) is 0 Å².